The molecule has 0 atom stereocenters. The number of hydrogen-bond donors (Lipinski definition) is 1. The van der Waals surface area contributed by atoms with E-state index in [9.17, 15) is 5.21 Å². The van der Waals surface area contributed by atoms with E-state index in [1.165, 1.54) is 7.05 Å². The van der Waals surface area contributed by atoms with Crippen LogP contribution < -0.4 is 26.9 Å². The van der Waals surface area contributed by atoms with Gasteiger partial charge in [-0.05, 0) is 0 Å². The Morgan fingerprint density at radius 3 is 2.50 bits per heavy atom. The van der Waals surface area contributed by atoms with Crippen molar-refractivity contribution < 1.29 is 21.2 Å². The summed E-state index contributed by atoms with van der Waals surface area (Å²) in [7, 11) is 1.39. The molecule has 0 saturated carbocycles. The van der Waals surface area contributed by atoms with Gasteiger partial charge < -0.3 is 0 Å². The first kappa shape index (κ1) is 8.03. The monoisotopic (exact) mass is 228 g/mol. The second kappa shape index (κ2) is 3.96. The molecule has 0 aliphatic carbocycles. The number of hydroxylamine groups is 2. The summed E-state index contributed by atoms with van der Waals surface area (Å²) in [4.78, 5) is 2.04. The normalized spacial score (nSPS) is 12.1. The van der Waals surface area contributed by atoms with Crippen LogP contribution in [0.1, 0.15) is 0 Å². The van der Waals surface area contributed by atoms with Crippen molar-refractivity contribution in [3.05, 3.63) is 15.1 Å². The number of hydrogen-bond acceptors (Lipinski definition) is 3. The predicted molar refractivity (Wildman–Crippen MR) is 29.3 cm³/mol. The molecule has 0 aliphatic heterocycles. The van der Waals surface area contributed by atoms with Gasteiger partial charge in [0.1, 0.15) is 0 Å². The van der Waals surface area contributed by atoms with Crippen LogP contribution in [0.15, 0.2) is 9.90 Å². The van der Waals surface area contributed by atoms with Gasteiger partial charge >= 0.3 is 59.1 Å². The molecule has 0 amide bonds. The second-order valence-corrected chi connectivity index (χ2v) is 3.12. The summed E-state index contributed by atoms with van der Waals surface area (Å²) in [5.41, 5.74) is 5.23. The van der Waals surface area contributed by atoms with E-state index >= 15 is 0 Å². The maximum atomic E-state index is 10.3. The fourth-order valence-electron chi connectivity index (χ4n) is 0.181. The van der Waals surface area contributed by atoms with Gasteiger partial charge in [0.25, 0.3) is 0 Å². The van der Waals surface area contributed by atoms with Gasteiger partial charge in [-0.15, -0.1) is 0 Å². The van der Waals surface area contributed by atoms with Crippen molar-refractivity contribution >= 4 is 0 Å². The molecule has 0 radical (unpaired) electrons. The SMILES string of the molecule is C[I-]/C=C(\N)N(C)[O-]. The molecule has 0 saturated heterocycles. The molecule has 0 aromatic carbocycles. The van der Waals surface area contributed by atoms with Crippen molar-refractivity contribution in [1.82, 2.24) is 5.06 Å². The Labute approximate surface area is 59.4 Å². The van der Waals surface area contributed by atoms with Crippen LogP contribution in [-0.4, -0.2) is 17.0 Å². The zero-order valence-corrected chi connectivity index (χ0v) is 7.05. The summed E-state index contributed by atoms with van der Waals surface area (Å²) in [5, 5.41) is 10.9. The molecule has 0 unspecified atom stereocenters. The van der Waals surface area contributed by atoms with Gasteiger partial charge in [0.15, 0.2) is 0 Å². The maximum absolute atomic E-state index is 10.3. The topological polar surface area (TPSA) is 52.3 Å². The van der Waals surface area contributed by atoms with E-state index in [1.807, 2.05) is 4.93 Å². The molecule has 0 aromatic rings. The summed E-state index contributed by atoms with van der Waals surface area (Å²) in [6.07, 6.45) is 0. The molecule has 2 N–H and O–H groups in total. The second-order valence-electron chi connectivity index (χ2n) is 1.25. The van der Waals surface area contributed by atoms with Crippen LogP contribution in [-0.2, 0) is 0 Å². The van der Waals surface area contributed by atoms with Crippen molar-refractivity contribution in [3.8, 4) is 0 Å². The first-order valence-corrected chi connectivity index (χ1v) is 5.43. The van der Waals surface area contributed by atoms with E-state index in [1.54, 1.807) is 4.08 Å². The number of rotatable bonds is 2. The Hall–Kier alpha value is 0.0300. The van der Waals surface area contributed by atoms with E-state index in [4.69, 9.17) is 5.73 Å². The van der Waals surface area contributed by atoms with Gasteiger partial charge in [-0.25, -0.2) is 0 Å². The molecule has 0 rings (SSSR count). The average Bonchev–Trinajstić information content (AvgIpc) is 1.67. The summed E-state index contributed by atoms with van der Waals surface area (Å²) in [5.74, 6) is 0.334. The standard InChI is InChI=1S/C4H9IN2O/c1-5-3-4(6)7(2)8/h3H,6H2,1-2H3/q-2/b4-3+. The molecular weight excluding hydrogens is 219 g/mol. The summed E-state index contributed by atoms with van der Waals surface area (Å²) < 4.78 is 1.78. The summed E-state index contributed by atoms with van der Waals surface area (Å²) in [6.45, 7) is 0. The zero-order chi connectivity index (χ0) is 6.57. The van der Waals surface area contributed by atoms with Crippen LogP contribution >= 0.6 is 0 Å². The van der Waals surface area contributed by atoms with Crippen molar-refractivity contribution in [2.24, 2.45) is 5.73 Å². The van der Waals surface area contributed by atoms with E-state index < -0.39 is 0 Å². The summed E-state index contributed by atoms with van der Waals surface area (Å²) in [6, 6.07) is 0. The Morgan fingerprint density at radius 2 is 2.38 bits per heavy atom. The molecule has 0 bridgehead atoms. The zero-order valence-electron chi connectivity index (χ0n) is 4.89. The van der Waals surface area contributed by atoms with Crippen LogP contribution in [0, 0.1) is 5.21 Å². The third-order valence-corrected chi connectivity index (χ3v) is 1.85. The molecule has 3 nitrogen and oxygen atoms in total. The predicted octanol–water partition coefficient (Wildman–Crippen LogP) is -3.11. The average molecular weight is 228 g/mol. The Morgan fingerprint density at radius 1 is 1.88 bits per heavy atom. The minimum absolute atomic E-state index is 0.00489. The Kier molecular flexibility index (Phi) is 3.98. The van der Waals surface area contributed by atoms with Crippen LogP contribution in [0.3, 0.4) is 0 Å². The number of halogens is 1. The summed E-state index contributed by atoms with van der Waals surface area (Å²) >= 11 is 0.00489. The fourth-order valence-corrected chi connectivity index (χ4v) is 1.21. The molecule has 0 fully saturated rings. The number of nitrogens with two attached hydrogens (primary N) is 1. The van der Waals surface area contributed by atoms with E-state index in [2.05, 4.69) is 0 Å². The van der Waals surface area contributed by atoms with Crippen LogP contribution in [0.5, 0.6) is 0 Å². The van der Waals surface area contributed by atoms with Crippen LogP contribution in [0.25, 0.3) is 0 Å². The van der Waals surface area contributed by atoms with Crippen molar-refractivity contribution in [1.29, 1.82) is 0 Å². The molecule has 50 valence electrons. The van der Waals surface area contributed by atoms with E-state index in [-0.39, 0.29) is 21.2 Å². The van der Waals surface area contributed by atoms with E-state index in [0.717, 1.165) is 0 Å². The number of nitrogens with zero attached hydrogens (tertiary/aromatic N) is 1. The molecule has 8 heavy (non-hydrogen) atoms. The van der Waals surface area contributed by atoms with Gasteiger partial charge in [0.2, 0.25) is 0 Å². The molecule has 0 spiro atoms. The van der Waals surface area contributed by atoms with Gasteiger partial charge in [0.05, 0.1) is 0 Å². The van der Waals surface area contributed by atoms with Crippen molar-refractivity contribution in [2.45, 2.75) is 0 Å². The molecule has 4 heteroatoms. The fraction of sp³-hybridized carbons (Fsp3) is 0.500. The van der Waals surface area contributed by atoms with Crippen molar-refractivity contribution in [3.63, 3.8) is 0 Å². The van der Waals surface area contributed by atoms with Gasteiger partial charge in [-0.2, -0.15) is 0 Å². The Balaban J connectivity index is 3.61. The molecule has 0 heterocycles. The van der Waals surface area contributed by atoms with Crippen LogP contribution in [0.2, 0.25) is 0 Å². The first-order valence-electron chi connectivity index (χ1n) is 2.03. The first-order chi connectivity index (χ1) is 3.68. The van der Waals surface area contributed by atoms with Gasteiger partial charge in [-0.3, -0.25) is 0 Å². The van der Waals surface area contributed by atoms with Crippen molar-refractivity contribution in [2.75, 3.05) is 12.0 Å². The number of alkyl halides is 1. The van der Waals surface area contributed by atoms with E-state index in [0.29, 0.717) is 10.9 Å². The molecule has 0 aliphatic rings. The molecule has 0 aromatic heterocycles. The quantitative estimate of drug-likeness (QED) is 0.309. The van der Waals surface area contributed by atoms with Crippen LogP contribution in [0.4, 0.5) is 0 Å². The molecular formula is C4H9IN2O-2. The van der Waals surface area contributed by atoms with Gasteiger partial charge in [-0.1, -0.05) is 0 Å². The third kappa shape index (κ3) is 3.09. The van der Waals surface area contributed by atoms with Gasteiger partial charge in [0, 0.05) is 0 Å². The third-order valence-electron chi connectivity index (χ3n) is 0.585. The Bertz CT molecular complexity index is 92.0. The minimum atomic E-state index is 0.00489.